The molecule has 0 aliphatic rings. The third kappa shape index (κ3) is 2.84. The highest BCUT2D eigenvalue weighted by molar-refractivity contribution is 6.31. The Kier molecular flexibility index (Phi) is 4.12. The topological polar surface area (TPSA) is 12.9 Å². The summed E-state index contributed by atoms with van der Waals surface area (Å²) in [6.07, 6.45) is 6.40. The maximum atomic E-state index is 5.86. The number of halogens is 2. The van der Waals surface area contributed by atoms with Crippen molar-refractivity contribution in [1.29, 1.82) is 0 Å². The second-order valence-electron chi connectivity index (χ2n) is 2.25. The van der Waals surface area contributed by atoms with Gasteiger partial charge in [-0.05, 0) is 24.6 Å². The lowest BCUT2D eigenvalue weighted by Gasteiger charge is -1.94. The van der Waals surface area contributed by atoms with Crippen molar-refractivity contribution in [3.8, 4) is 0 Å². The first-order valence-corrected chi connectivity index (χ1v) is 4.59. The van der Waals surface area contributed by atoms with Crippen LogP contribution in [-0.2, 0) is 0 Å². The maximum Gasteiger partial charge on any atom is 0.0812 e. The van der Waals surface area contributed by atoms with Gasteiger partial charge in [-0.15, -0.1) is 11.6 Å². The summed E-state index contributed by atoms with van der Waals surface area (Å²) in [5.41, 5.74) is 0.796. The fourth-order valence-electron chi connectivity index (χ4n) is 0.778. The second-order valence-corrected chi connectivity index (χ2v) is 3.04. The van der Waals surface area contributed by atoms with Gasteiger partial charge in [0.25, 0.3) is 0 Å². The van der Waals surface area contributed by atoms with Gasteiger partial charge in [0.05, 0.1) is 10.7 Å². The molecule has 0 N–H and O–H groups in total. The Hall–Kier alpha value is -0.530. The van der Waals surface area contributed by atoms with Crippen molar-refractivity contribution in [3.63, 3.8) is 0 Å². The number of alkyl halides is 1. The summed E-state index contributed by atoms with van der Waals surface area (Å²) < 4.78 is 0. The first-order chi connectivity index (χ1) is 5.84. The van der Waals surface area contributed by atoms with Gasteiger partial charge >= 0.3 is 0 Å². The summed E-state index contributed by atoms with van der Waals surface area (Å²) in [6.45, 7) is 0. The van der Waals surface area contributed by atoms with Crippen LogP contribution in [0.15, 0.2) is 24.4 Å². The molecule has 0 amide bonds. The zero-order valence-electron chi connectivity index (χ0n) is 6.50. The van der Waals surface area contributed by atoms with Crippen LogP contribution < -0.4 is 0 Å². The number of aromatic nitrogens is 1. The van der Waals surface area contributed by atoms with Crippen molar-refractivity contribution in [3.05, 3.63) is 35.1 Å². The van der Waals surface area contributed by atoms with Crippen LogP contribution in [0.25, 0.3) is 6.08 Å². The molecule has 1 aromatic heterocycles. The van der Waals surface area contributed by atoms with E-state index in [4.69, 9.17) is 23.2 Å². The Morgan fingerprint density at radius 2 is 2.33 bits per heavy atom. The van der Waals surface area contributed by atoms with E-state index in [9.17, 15) is 0 Å². The second kappa shape index (κ2) is 5.18. The normalized spacial score (nSPS) is 10.8. The van der Waals surface area contributed by atoms with Crippen LogP contribution in [0.1, 0.15) is 12.1 Å². The molecule has 0 saturated carbocycles. The van der Waals surface area contributed by atoms with E-state index in [1.807, 2.05) is 18.2 Å². The Bertz CT molecular complexity index is 271. The standard InChI is InChI=1S/C9H9Cl2N/c10-6-2-1-5-9-8(11)4-3-7-12-9/h1,3-5,7H,2,6H2. The van der Waals surface area contributed by atoms with Crippen LogP contribution in [0.3, 0.4) is 0 Å². The SMILES string of the molecule is ClCCC=Cc1ncccc1Cl. The Labute approximate surface area is 82.0 Å². The van der Waals surface area contributed by atoms with Crippen molar-refractivity contribution in [2.45, 2.75) is 6.42 Å². The predicted molar refractivity (Wildman–Crippen MR) is 53.6 cm³/mol. The lowest BCUT2D eigenvalue weighted by atomic mass is 10.3. The van der Waals surface area contributed by atoms with Crippen LogP contribution in [-0.4, -0.2) is 10.9 Å². The highest BCUT2D eigenvalue weighted by atomic mass is 35.5. The van der Waals surface area contributed by atoms with Gasteiger partial charge in [0.15, 0.2) is 0 Å². The highest BCUT2D eigenvalue weighted by Gasteiger charge is 1.93. The van der Waals surface area contributed by atoms with Crippen molar-refractivity contribution < 1.29 is 0 Å². The molecule has 0 radical (unpaired) electrons. The lowest BCUT2D eigenvalue weighted by Crippen LogP contribution is -1.80. The van der Waals surface area contributed by atoms with Gasteiger partial charge in [-0.3, -0.25) is 4.98 Å². The van der Waals surface area contributed by atoms with E-state index in [2.05, 4.69) is 4.98 Å². The summed E-state index contributed by atoms with van der Waals surface area (Å²) in [7, 11) is 0. The van der Waals surface area contributed by atoms with Gasteiger partial charge in [-0.25, -0.2) is 0 Å². The van der Waals surface area contributed by atoms with E-state index < -0.39 is 0 Å². The van der Waals surface area contributed by atoms with Crippen LogP contribution in [0.2, 0.25) is 5.02 Å². The quantitative estimate of drug-likeness (QED) is 0.684. The molecule has 0 aromatic carbocycles. The minimum atomic E-state index is 0.626. The summed E-state index contributed by atoms with van der Waals surface area (Å²) >= 11 is 11.4. The van der Waals surface area contributed by atoms with Gasteiger partial charge in [0.2, 0.25) is 0 Å². The maximum absolute atomic E-state index is 5.86. The molecule has 1 aromatic rings. The number of pyridine rings is 1. The van der Waals surface area contributed by atoms with E-state index in [0.29, 0.717) is 10.9 Å². The van der Waals surface area contributed by atoms with Gasteiger partial charge in [0, 0.05) is 12.1 Å². The average molecular weight is 202 g/mol. The molecule has 0 spiro atoms. The highest BCUT2D eigenvalue weighted by Crippen LogP contribution is 2.13. The predicted octanol–water partition coefficient (Wildman–Crippen LogP) is 3.38. The van der Waals surface area contributed by atoms with Crippen molar-refractivity contribution in [2.75, 3.05) is 5.88 Å². The van der Waals surface area contributed by atoms with E-state index in [1.165, 1.54) is 0 Å². The number of hydrogen-bond donors (Lipinski definition) is 0. The zero-order chi connectivity index (χ0) is 8.81. The molecular formula is C9H9Cl2N. The smallest absolute Gasteiger partial charge is 0.0812 e. The average Bonchev–Trinajstić information content (AvgIpc) is 2.09. The first kappa shape index (κ1) is 9.56. The van der Waals surface area contributed by atoms with Crippen LogP contribution in [0.5, 0.6) is 0 Å². The number of nitrogens with zero attached hydrogens (tertiary/aromatic N) is 1. The van der Waals surface area contributed by atoms with Gasteiger partial charge in [0.1, 0.15) is 0 Å². The molecule has 1 heterocycles. The Morgan fingerprint density at radius 1 is 1.50 bits per heavy atom. The molecule has 0 bridgehead atoms. The molecular weight excluding hydrogens is 193 g/mol. The van der Waals surface area contributed by atoms with Crippen molar-refractivity contribution in [2.24, 2.45) is 0 Å². The van der Waals surface area contributed by atoms with E-state index in [-0.39, 0.29) is 0 Å². The van der Waals surface area contributed by atoms with Gasteiger partial charge in [-0.2, -0.15) is 0 Å². The number of allylic oxidation sites excluding steroid dienone is 1. The fraction of sp³-hybridized carbons (Fsp3) is 0.222. The summed E-state index contributed by atoms with van der Waals surface area (Å²) in [5.74, 6) is 0.626. The molecule has 1 nitrogen and oxygen atoms in total. The molecule has 0 aliphatic heterocycles. The largest absolute Gasteiger partial charge is 0.255 e. The van der Waals surface area contributed by atoms with Gasteiger partial charge in [-0.1, -0.05) is 17.7 Å². The molecule has 1 rings (SSSR count). The monoisotopic (exact) mass is 201 g/mol. The van der Waals surface area contributed by atoms with Crippen molar-refractivity contribution >= 4 is 29.3 Å². The van der Waals surface area contributed by atoms with Crippen LogP contribution in [0.4, 0.5) is 0 Å². The molecule has 0 unspecified atom stereocenters. The fourth-order valence-corrected chi connectivity index (χ4v) is 1.09. The molecule has 0 fully saturated rings. The summed E-state index contributed by atoms with van der Waals surface area (Å²) in [5, 5.41) is 0.670. The van der Waals surface area contributed by atoms with Crippen LogP contribution >= 0.6 is 23.2 Å². The Morgan fingerprint density at radius 3 is 3.00 bits per heavy atom. The molecule has 0 aliphatic carbocycles. The molecule has 0 atom stereocenters. The minimum absolute atomic E-state index is 0.626. The number of hydrogen-bond acceptors (Lipinski definition) is 1. The first-order valence-electron chi connectivity index (χ1n) is 3.67. The van der Waals surface area contributed by atoms with E-state index in [0.717, 1.165) is 12.1 Å². The summed E-state index contributed by atoms with van der Waals surface area (Å²) in [4.78, 5) is 4.09. The van der Waals surface area contributed by atoms with Gasteiger partial charge < -0.3 is 0 Å². The number of rotatable bonds is 3. The Balaban J connectivity index is 2.68. The van der Waals surface area contributed by atoms with Crippen molar-refractivity contribution in [1.82, 2.24) is 4.98 Å². The third-order valence-corrected chi connectivity index (χ3v) is 1.88. The van der Waals surface area contributed by atoms with E-state index >= 15 is 0 Å². The van der Waals surface area contributed by atoms with E-state index in [1.54, 1.807) is 12.3 Å². The lowest BCUT2D eigenvalue weighted by molar-refractivity contribution is 1.23. The third-order valence-electron chi connectivity index (χ3n) is 1.34. The van der Waals surface area contributed by atoms with Crippen LogP contribution in [0, 0.1) is 0 Å². The zero-order valence-corrected chi connectivity index (χ0v) is 8.02. The molecule has 12 heavy (non-hydrogen) atoms. The molecule has 0 saturated heterocycles. The minimum Gasteiger partial charge on any atom is -0.255 e. The molecule has 64 valence electrons. The molecule has 3 heteroatoms. The summed E-state index contributed by atoms with van der Waals surface area (Å²) in [6, 6.07) is 3.62.